The largest absolute Gasteiger partial charge is 0.497 e. The van der Waals surface area contributed by atoms with Crippen molar-refractivity contribution in [3.8, 4) is 5.75 Å². The molecule has 0 heterocycles. The number of methoxy groups -OCH3 is 1. The van der Waals surface area contributed by atoms with E-state index in [1.54, 1.807) is 7.11 Å². The van der Waals surface area contributed by atoms with Gasteiger partial charge in [0.2, 0.25) is 0 Å². The quantitative estimate of drug-likeness (QED) is 0.637. The molecule has 0 radical (unpaired) electrons. The second-order valence-electron chi connectivity index (χ2n) is 5.18. The van der Waals surface area contributed by atoms with E-state index in [0.29, 0.717) is 0 Å². The SMILES string of the molecule is COc1cccc(NCC(=O)N/N=C(/C)c2ccc(C)cc2)c1. The fraction of sp³-hybridized carbons (Fsp3) is 0.222. The number of hydrazone groups is 1. The van der Waals surface area contributed by atoms with Crippen LogP contribution in [0.15, 0.2) is 53.6 Å². The van der Waals surface area contributed by atoms with E-state index >= 15 is 0 Å². The minimum atomic E-state index is -0.209. The summed E-state index contributed by atoms with van der Waals surface area (Å²) in [6.45, 7) is 4.03. The van der Waals surface area contributed by atoms with Gasteiger partial charge in [0.15, 0.2) is 0 Å². The number of hydrogen-bond donors (Lipinski definition) is 2. The number of benzene rings is 2. The summed E-state index contributed by atoms with van der Waals surface area (Å²) in [4.78, 5) is 11.8. The number of carbonyl (C=O) groups is 1. The Labute approximate surface area is 136 Å². The van der Waals surface area contributed by atoms with E-state index in [4.69, 9.17) is 4.74 Å². The Morgan fingerprint density at radius 2 is 1.91 bits per heavy atom. The summed E-state index contributed by atoms with van der Waals surface area (Å²) < 4.78 is 5.14. The number of anilines is 1. The van der Waals surface area contributed by atoms with E-state index in [1.807, 2.05) is 62.4 Å². The topological polar surface area (TPSA) is 62.7 Å². The van der Waals surface area contributed by atoms with Gasteiger partial charge in [-0.1, -0.05) is 35.9 Å². The van der Waals surface area contributed by atoms with Crippen LogP contribution in [0, 0.1) is 6.92 Å². The van der Waals surface area contributed by atoms with Crippen LogP contribution in [0.2, 0.25) is 0 Å². The molecule has 23 heavy (non-hydrogen) atoms. The molecule has 2 aromatic carbocycles. The molecule has 0 spiro atoms. The highest BCUT2D eigenvalue weighted by molar-refractivity contribution is 5.99. The van der Waals surface area contributed by atoms with Crippen LogP contribution in [0.4, 0.5) is 5.69 Å². The summed E-state index contributed by atoms with van der Waals surface area (Å²) in [5.41, 5.74) is 6.30. The predicted molar refractivity (Wildman–Crippen MR) is 93.0 cm³/mol. The Morgan fingerprint density at radius 1 is 1.17 bits per heavy atom. The van der Waals surface area contributed by atoms with E-state index in [9.17, 15) is 4.79 Å². The van der Waals surface area contributed by atoms with Crippen LogP contribution in [0.5, 0.6) is 5.75 Å². The van der Waals surface area contributed by atoms with Crippen molar-refractivity contribution in [1.29, 1.82) is 0 Å². The molecule has 0 aliphatic rings. The standard InChI is InChI=1S/C18H21N3O2/c1-13-7-9-15(10-8-13)14(2)20-21-18(22)12-19-16-5-4-6-17(11-16)23-3/h4-11,19H,12H2,1-3H3,(H,21,22)/b20-14-. The van der Waals surface area contributed by atoms with Crippen molar-refractivity contribution in [1.82, 2.24) is 5.43 Å². The number of nitrogens with zero attached hydrogens (tertiary/aromatic N) is 1. The minimum absolute atomic E-state index is 0.137. The molecule has 0 fully saturated rings. The third-order valence-corrected chi connectivity index (χ3v) is 3.34. The molecule has 0 aliphatic carbocycles. The van der Waals surface area contributed by atoms with Crippen molar-refractivity contribution in [2.75, 3.05) is 19.0 Å². The molecule has 120 valence electrons. The zero-order valence-corrected chi connectivity index (χ0v) is 13.6. The fourth-order valence-corrected chi connectivity index (χ4v) is 1.96. The molecule has 2 aromatic rings. The summed E-state index contributed by atoms with van der Waals surface area (Å²) in [5, 5.41) is 7.15. The summed E-state index contributed by atoms with van der Waals surface area (Å²) in [6, 6.07) is 15.4. The Bertz CT molecular complexity index is 694. The maximum absolute atomic E-state index is 11.8. The number of carbonyl (C=O) groups excluding carboxylic acids is 1. The van der Waals surface area contributed by atoms with Gasteiger partial charge in [-0.05, 0) is 31.5 Å². The highest BCUT2D eigenvalue weighted by atomic mass is 16.5. The van der Waals surface area contributed by atoms with Gasteiger partial charge in [0.05, 0.1) is 19.4 Å². The smallest absolute Gasteiger partial charge is 0.259 e. The average molecular weight is 311 g/mol. The molecule has 5 heteroatoms. The molecule has 0 saturated heterocycles. The molecule has 0 saturated carbocycles. The van der Waals surface area contributed by atoms with Gasteiger partial charge in [-0.25, -0.2) is 5.43 Å². The first kappa shape index (κ1) is 16.5. The molecule has 0 bridgehead atoms. The van der Waals surface area contributed by atoms with Gasteiger partial charge < -0.3 is 10.1 Å². The first-order chi connectivity index (χ1) is 11.1. The third-order valence-electron chi connectivity index (χ3n) is 3.34. The lowest BCUT2D eigenvalue weighted by atomic mass is 10.1. The number of amides is 1. The average Bonchev–Trinajstić information content (AvgIpc) is 2.58. The van der Waals surface area contributed by atoms with Crippen LogP contribution >= 0.6 is 0 Å². The summed E-state index contributed by atoms with van der Waals surface area (Å²) in [6.07, 6.45) is 0. The molecule has 0 aliphatic heterocycles. The van der Waals surface area contributed by atoms with Crippen molar-refractivity contribution >= 4 is 17.3 Å². The summed E-state index contributed by atoms with van der Waals surface area (Å²) in [5.74, 6) is 0.530. The number of hydrogen-bond acceptors (Lipinski definition) is 4. The van der Waals surface area contributed by atoms with Crippen molar-refractivity contribution in [2.45, 2.75) is 13.8 Å². The van der Waals surface area contributed by atoms with E-state index in [-0.39, 0.29) is 12.5 Å². The first-order valence-electron chi connectivity index (χ1n) is 7.36. The molecule has 2 N–H and O–H groups in total. The van der Waals surface area contributed by atoms with Crippen LogP contribution in [-0.4, -0.2) is 25.3 Å². The molecule has 2 rings (SSSR count). The second-order valence-corrected chi connectivity index (χ2v) is 5.18. The Kier molecular flexibility index (Phi) is 5.74. The molecule has 1 amide bonds. The summed E-state index contributed by atoms with van der Waals surface area (Å²) in [7, 11) is 1.61. The number of aryl methyl sites for hydroxylation is 1. The lowest BCUT2D eigenvalue weighted by Gasteiger charge is -2.07. The van der Waals surface area contributed by atoms with Gasteiger partial charge in [-0.3, -0.25) is 4.79 Å². The Balaban J connectivity index is 1.86. The van der Waals surface area contributed by atoms with Crippen LogP contribution in [0.3, 0.4) is 0 Å². The van der Waals surface area contributed by atoms with Crippen molar-refractivity contribution in [3.05, 3.63) is 59.7 Å². The summed E-state index contributed by atoms with van der Waals surface area (Å²) >= 11 is 0. The van der Waals surface area contributed by atoms with E-state index in [2.05, 4.69) is 15.8 Å². The molecule has 0 atom stereocenters. The highest BCUT2D eigenvalue weighted by Crippen LogP contribution is 2.16. The number of rotatable bonds is 6. The maximum atomic E-state index is 11.8. The third kappa shape index (κ3) is 5.14. The zero-order chi connectivity index (χ0) is 16.7. The Hall–Kier alpha value is -2.82. The van der Waals surface area contributed by atoms with Gasteiger partial charge in [-0.2, -0.15) is 5.10 Å². The highest BCUT2D eigenvalue weighted by Gasteiger charge is 2.02. The van der Waals surface area contributed by atoms with Gasteiger partial charge in [0, 0.05) is 11.8 Å². The zero-order valence-electron chi connectivity index (χ0n) is 13.6. The lowest BCUT2D eigenvalue weighted by molar-refractivity contribution is -0.119. The second kappa shape index (κ2) is 7.98. The normalized spacial score (nSPS) is 11.0. The lowest BCUT2D eigenvalue weighted by Crippen LogP contribution is -2.26. The van der Waals surface area contributed by atoms with Gasteiger partial charge in [0.25, 0.3) is 5.91 Å². The molecule has 0 unspecified atom stereocenters. The molecular weight excluding hydrogens is 290 g/mol. The van der Waals surface area contributed by atoms with Gasteiger partial charge in [0.1, 0.15) is 5.75 Å². The maximum Gasteiger partial charge on any atom is 0.259 e. The van der Waals surface area contributed by atoms with Crippen LogP contribution in [-0.2, 0) is 4.79 Å². The number of nitrogens with one attached hydrogen (secondary N) is 2. The Morgan fingerprint density at radius 3 is 2.61 bits per heavy atom. The van der Waals surface area contributed by atoms with Gasteiger partial charge in [-0.15, -0.1) is 0 Å². The molecule has 5 nitrogen and oxygen atoms in total. The van der Waals surface area contributed by atoms with Gasteiger partial charge >= 0.3 is 0 Å². The van der Waals surface area contributed by atoms with Crippen LogP contribution in [0.1, 0.15) is 18.1 Å². The van der Waals surface area contributed by atoms with Crippen LogP contribution in [0.25, 0.3) is 0 Å². The van der Waals surface area contributed by atoms with Crippen molar-refractivity contribution in [2.24, 2.45) is 5.10 Å². The van der Waals surface area contributed by atoms with Crippen LogP contribution < -0.4 is 15.5 Å². The number of ether oxygens (including phenoxy) is 1. The monoisotopic (exact) mass is 311 g/mol. The predicted octanol–water partition coefficient (Wildman–Crippen LogP) is 2.96. The fourth-order valence-electron chi connectivity index (χ4n) is 1.96. The van der Waals surface area contributed by atoms with Crippen molar-refractivity contribution < 1.29 is 9.53 Å². The minimum Gasteiger partial charge on any atom is -0.497 e. The van der Waals surface area contributed by atoms with E-state index < -0.39 is 0 Å². The van der Waals surface area contributed by atoms with E-state index in [1.165, 1.54) is 5.56 Å². The molecular formula is C18H21N3O2. The first-order valence-corrected chi connectivity index (χ1v) is 7.36. The van der Waals surface area contributed by atoms with E-state index in [0.717, 1.165) is 22.7 Å². The van der Waals surface area contributed by atoms with Crippen molar-refractivity contribution in [3.63, 3.8) is 0 Å². The molecule has 0 aromatic heterocycles.